The van der Waals surface area contributed by atoms with Gasteiger partial charge in [0, 0.05) is 16.0 Å². The van der Waals surface area contributed by atoms with Crippen LogP contribution in [0.4, 0.5) is 13.2 Å². The van der Waals surface area contributed by atoms with Crippen LogP contribution in [-0.4, -0.2) is 26.8 Å². The number of benzene rings is 2. The maximum absolute atomic E-state index is 13.2. The molecule has 0 spiro atoms. The molecule has 202 valence electrons. The lowest BCUT2D eigenvalue weighted by molar-refractivity contribution is -0.140. The first kappa shape index (κ1) is 28.8. The second-order valence-electron chi connectivity index (χ2n) is 9.19. The van der Waals surface area contributed by atoms with E-state index >= 15 is 0 Å². The van der Waals surface area contributed by atoms with Crippen LogP contribution in [0.5, 0.6) is 11.5 Å². The van der Waals surface area contributed by atoms with E-state index < -0.39 is 11.7 Å². The van der Waals surface area contributed by atoms with Crippen molar-refractivity contribution in [1.29, 1.82) is 0 Å². The smallest absolute Gasteiger partial charge is 0.416 e. The molecule has 0 aliphatic heterocycles. The Morgan fingerprint density at radius 3 is 2.49 bits per heavy atom. The van der Waals surface area contributed by atoms with Gasteiger partial charge in [-0.1, -0.05) is 31.9 Å². The first-order valence-corrected chi connectivity index (χ1v) is 13.5. The first-order valence-electron chi connectivity index (χ1n) is 12.6. The van der Waals surface area contributed by atoms with Gasteiger partial charge >= 0.3 is 12.1 Å². The van der Waals surface area contributed by atoms with Crippen LogP contribution in [0.1, 0.15) is 72.9 Å². The zero-order valence-electron chi connectivity index (χ0n) is 21.9. The van der Waals surface area contributed by atoms with Crippen molar-refractivity contribution in [3.8, 4) is 11.5 Å². The van der Waals surface area contributed by atoms with Gasteiger partial charge in [0.05, 0.1) is 26.4 Å². The second kappa shape index (κ2) is 13.2. The lowest BCUT2D eigenvalue weighted by Gasteiger charge is -2.18. The highest BCUT2D eigenvalue weighted by atomic mass is 32.1. The van der Waals surface area contributed by atoms with Crippen LogP contribution in [0.3, 0.4) is 0 Å². The van der Waals surface area contributed by atoms with Gasteiger partial charge < -0.3 is 14.2 Å². The molecule has 37 heavy (non-hydrogen) atoms. The van der Waals surface area contributed by atoms with Gasteiger partial charge in [0.15, 0.2) is 11.5 Å². The topological polar surface area (TPSA) is 44.8 Å². The molecule has 1 aromatic heterocycles. The number of aryl methyl sites for hydroxylation is 2. The number of carbonyl (C=O) groups is 1. The number of halogens is 3. The number of carbonyl (C=O) groups excluding carboxylic acids is 1. The molecular formula is C29H35F3O4S. The van der Waals surface area contributed by atoms with Crippen molar-refractivity contribution in [2.24, 2.45) is 0 Å². The normalized spacial score (nSPS) is 12.5. The molecule has 3 rings (SSSR count). The van der Waals surface area contributed by atoms with E-state index in [4.69, 9.17) is 9.47 Å². The molecule has 0 fully saturated rings. The van der Waals surface area contributed by atoms with Gasteiger partial charge in [-0.2, -0.15) is 13.2 Å². The minimum atomic E-state index is -4.35. The number of ether oxygens (including phenoxy) is 3. The summed E-state index contributed by atoms with van der Waals surface area (Å²) in [5.41, 5.74) is 1.50. The summed E-state index contributed by atoms with van der Waals surface area (Å²) in [7, 11) is 2.98. The van der Waals surface area contributed by atoms with Crippen LogP contribution in [0, 0.1) is 6.92 Å². The Morgan fingerprint density at radius 2 is 1.81 bits per heavy atom. The summed E-state index contributed by atoms with van der Waals surface area (Å²) < 4.78 is 56.7. The summed E-state index contributed by atoms with van der Waals surface area (Å²) in [6, 6.07) is 9.81. The van der Waals surface area contributed by atoms with Crippen LogP contribution >= 0.6 is 11.3 Å². The SMILES string of the molecule is CCCCC(CCOc1ccc(CCCC(=O)OC)cc1OC)c1sc2cc(C(F)(F)F)ccc2c1C. The molecule has 0 radical (unpaired) electrons. The highest BCUT2D eigenvalue weighted by Crippen LogP contribution is 2.42. The third-order valence-electron chi connectivity index (χ3n) is 6.61. The number of fused-ring (bicyclic) bond motifs is 1. The van der Waals surface area contributed by atoms with Gasteiger partial charge in [0.2, 0.25) is 0 Å². The lowest BCUT2D eigenvalue weighted by atomic mass is 9.94. The molecule has 0 aliphatic carbocycles. The summed E-state index contributed by atoms with van der Waals surface area (Å²) in [6.45, 7) is 4.61. The van der Waals surface area contributed by atoms with E-state index in [9.17, 15) is 18.0 Å². The van der Waals surface area contributed by atoms with Crippen molar-refractivity contribution >= 4 is 27.4 Å². The minimum Gasteiger partial charge on any atom is -0.493 e. The molecule has 8 heteroatoms. The number of methoxy groups -OCH3 is 2. The number of rotatable bonds is 13. The second-order valence-corrected chi connectivity index (χ2v) is 10.3. The minimum absolute atomic E-state index is 0.204. The average Bonchev–Trinajstić information content (AvgIpc) is 3.21. The molecule has 3 aromatic rings. The number of unbranched alkanes of at least 4 members (excludes halogenated alkanes) is 1. The summed E-state index contributed by atoms with van der Waals surface area (Å²) in [6.07, 6.45) is 1.23. The Hall–Kier alpha value is -2.74. The van der Waals surface area contributed by atoms with E-state index in [2.05, 4.69) is 11.7 Å². The largest absolute Gasteiger partial charge is 0.493 e. The molecule has 1 heterocycles. The lowest BCUT2D eigenvalue weighted by Crippen LogP contribution is -2.07. The summed E-state index contributed by atoms with van der Waals surface area (Å²) in [5, 5.41) is 0.889. The molecule has 4 nitrogen and oxygen atoms in total. The van der Waals surface area contributed by atoms with E-state index in [1.807, 2.05) is 25.1 Å². The van der Waals surface area contributed by atoms with Crippen molar-refractivity contribution in [2.75, 3.05) is 20.8 Å². The summed E-state index contributed by atoms with van der Waals surface area (Å²) >= 11 is 1.47. The van der Waals surface area contributed by atoms with Crippen LogP contribution < -0.4 is 9.47 Å². The van der Waals surface area contributed by atoms with Crippen molar-refractivity contribution in [2.45, 2.75) is 70.9 Å². The fourth-order valence-corrected chi connectivity index (χ4v) is 5.92. The van der Waals surface area contributed by atoms with Crippen LogP contribution in [0.2, 0.25) is 0 Å². The molecule has 1 atom stereocenters. The first-order chi connectivity index (χ1) is 17.7. The Morgan fingerprint density at radius 1 is 1.03 bits per heavy atom. The molecule has 1 unspecified atom stereocenters. The van der Waals surface area contributed by atoms with Crippen molar-refractivity contribution in [1.82, 2.24) is 0 Å². The maximum Gasteiger partial charge on any atom is 0.416 e. The molecule has 0 saturated carbocycles. The highest BCUT2D eigenvalue weighted by molar-refractivity contribution is 7.19. The van der Waals surface area contributed by atoms with Crippen molar-refractivity contribution in [3.05, 3.63) is 58.0 Å². The Balaban J connectivity index is 1.71. The number of thiophene rings is 1. The highest BCUT2D eigenvalue weighted by Gasteiger charge is 2.31. The molecule has 0 saturated heterocycles. The molecule has 0 amide bonds. The van der Waals surface area contributed by atoms with Crippen LogP contribution in [0.25, 0.3) is 10.1 Å². The maximum atomic E-state index is 13.2. The fraction of sp³-hybridized carbons (Fsp3) is 0.483. The van der Waals surface area contributed by atoms with Crippen LogP contribution in [0.15, 0.2) is 36.4 Å². The van der Waals surface area contributed by atoms with Gasteiger partial charge in [0.1, 0.15) is 0 Å². The fourth-order valence-electron chi connectivity index (χ4n) is 4.50. The van der Waals surface area contributed by atoms with Gasteiger partial charge in [0.25, 0.3) is 0 Å². The van der Waals surface area contributed by atoms with Gasteiger partial charge in [-0.15, -0.1) is 11.3 Å². The standard InChI is InChI=1S/C29H35F3O4S/c1-5-6-9-21(28-19(2)23-13-12-22(29(30,31)32)18-26(23)37-28)15-16-36-24-14-11-20(17-25(24)34-3)8-7-10-27(33)35-4/h11-14,17-18,21H,5-10,15-16H2,1-4H3. The third kappa shape index (κ3) is 7.63. The number of hydrogen-bond acceptors (Lipinski definition) is 5. The van der Waals surface area contributed by atoms with E-state index in [0.717, 1.165) is 53.5 Å². The Bertz CT molecular complexity index is 1190. The van der Waals surface area contributed by atoms with E-state index in [1.165, 1.54) is 30.6 Å². The van der Waals surface area contributed by atoms with Crippen molar-refractivity contribution in [3.63, 3.8) is 0 Å². The molecule has 0 N–H and O–H groups in total. The Kier molecular flexibility index (Phi) is 10.3. The zero-order valence-corrected chi connectivity index (χ0v) is 22.7. The number of alkyl halides is 3. The van der Waals surface area contributed by atoms with Gasteiger partial charge in [-0.3, -0.25) is 4.79 Å². The van der Waals surface area contributed by atoms with Gasteiger partial charge in [-0.05, 0) is 79.3 Å². The van der Waals surface area contributed by atoms with Crippen LogP contribution in [-0.2, 0) is 22.1 Å². The monoisotopic (exact) mass is 536 g/mol. The van der Waals surface area contributed by atoms with E-state index in [-0.39, 0.29) is 11.9 Å². The third-order valence-corrected chi connectivity index (χ3v) is 8.02. The predicted molar refractivity (Wildman–Crippen MR) is 142 cm³/mol. The number of hydrogen-bond donors (Lipinski definition) is 0. The van der Waals surface area contributed by atoms with E-state index in [1.54, 1.807) is 13.2 Å². The summed E-state index contributed by atoms with van der Waals surface area (Å²) in [4.78, 5) is 12.5. The molecule has 2 aromatic carbocycles. The predicted octanol–water partition coefficient (Wildman–Crippen LogP) is 8.48. The summed E-state index contributed by atoms with van der Waals surface area (Å²) in [5.74, 6) is 1.27. The van der Waals surface area contributed by atoms with Crippen molar-refractivity contribution < 1.29 is 32.2 Å². The number of esters is 1. The molecule has 0 aliphatic rings. The van der Waals surface area contributed by atoms with E-state index in [0.29, 0.717) is 35.6 Å². The quantitative estimate of drug-likeness (QED) is 0.206. The van der Waals surface area contributed by atoms with Gasteiger partial charge in [-0.25, -0.2) is 0 Å². The average molecular weight is 537 g/mol. The molecular weight excluding hydrogens is 501 g/mol. The molecule has 0 bridgehead atoms. The zero-order chi connectivity index (χ0) is 27.0. The Labute approximate surface area is 220 Å².